The average Bonchev–Trinajstić information content (AvgIpc) is 2.33. The smallest absolute Gasteiger partial charge is 0.165 e. The molecule has 98 valence electrons. The normalized spacial score (nSPS) is 10.3. The molecule has 2 aromatic rings. The van der Waals surface area contributed by atoms with Crippen molar-refractivity contribution in [3.8, 4) is 11.5 Å². The summed E-state index contributed by atoms with van der Waals surface area (Å²) in [5, 5.41) is 0. The minimum Gasteiger partial charge on any atom is -0.454 e. The predicted molar refractivity (Wildman–Crippen MR) is 78.3 cm³/mol. The van der Waals surface area contributed by atoms with Crippen molar-refractivity contribution in [3.63, 3.8) is 0 Å². The van der Waals surface area contributed by atoms with Crippen LogP contribution >= 0.6 is 31.9 Å². The molecule has 5 heteroatoms. The molecule has 0 amide bonds. The Bertz CT molecular complexity index is 641. The van der Waals surface area contributed by atoms with Crippen LogP contribution in [0.5, 0.6) is 11.5 Å². The fourth-order valence-corrected chi connectivity index (χ4v) is 2.50. The Morgan fingerprint density at radius 1 is 1.16 bits per heavy atom. The highest BCUT2D eigenvalue weighted by Gasteiger charge is 2.09. The molecule has 0 aliphatic carbocycles. The van der Waals surface area contributed by atoms with Gasteiger partial charge in [0, 0.05) is 14.5 Å². The summed E-state index contributed by atoms with van der Waals surface area (Å²) >= 11 is 6.54. The molecule has 0 bridgehead atoms. The molecular formula is C14H9Br2FO2. The SMILES string of the molecule is CC(=O)c1ccc(Oc2cc(Br)ccc2F)cc1Br. The number of benzene rings is 2. The van der Waals surface area contributed by atoms with Crippen LogP contribution in [0.1, 0.15) is 17.3 Å². The second kappa shape index (κ2) is 5.84. The summed E-state index contributed by atoms with van der Waals surface area (Å²) in [6, 6.07) is 9.36. The summed E-state index contributed by atoms with van der Waals surface area (Å²) < 4.78 is 20.4. The van der Waals surface area contributed by atoms with E-state index in [9.17, 15) is 9.18 Å². The van der Waals surface area contributed by atoms with Gasteiger partial charge in [0.15, 0.2) is 17.3 Å². The molecule has 0 fully saturated rings. The van der Waals surface area contributed by atoms with Gasteiger partial charge in [0.2, 0.25) is 0 Å². The van der Waals surface area contributed by atoms with E-state index in [0.29, 0.717) is 15.8 Å². The van der Waals surface area contributed by atoms with Gasteiger partial charge < -0.3 is 4.74 Å². The summed E-state index contributed by atoms with van der Waals surface area (Å²) in [5.41, 5.74) is 0.557. The molecule has 2 nitrogen and oxygen atoms in total. The number of halogens is 3. The van der Waals surface area contributed by atoms with Gasteiger partial charge in [-0.3, -0.25) is 4.79 Å². The van der Waals surface area contributed by atoms with Crippen molar-refractivity contribution in [2.45, 2.75) is 6.92 Å². The summed E-state index contributed by atoms with van der Waals surface area (Å²) in [7, 11) is 0. The Morgan fingerprint density at radius 2 is 1.89 bits per heavy atom. The zero-order valence-electron chi connectivity index (χ0n) is 9.91. The number of hydrogen-bond acceptors (Lipinski definition) is 2. The molecule has 0 aromatic heterocycles. The summed E-state index contributed by atoms with van der Waals surface area (Å²) in [6.07, 6.45) is 0. The number of hydrogen-bond donors (Lipinski definition) is 0. The molecule has 0 spiro atoms. The topological polar surface area (TPSA) is 26.3 Å². The van der Waals surface area contributed by atoms with Gasteiger partial charge in [0.05, 0.1) is 0 Å². The van der Waals surface area contributed by atoms with E-state index in [1.807, 2.05) is 0 Å². The second-order valence-electron chi connectivity index (χ2n) is 3.87. The first-order valence-corrected chi connectivity index (χ1v) is 6.99. The Labute approximate surface area is 126 Å². The maximum atomic E-state index is 13.6. The van der Waals surface area contributed by atoms with Gasteiger partial charge in [-0.15, -0.1) is 0 Å². The van der Waals surface area contributed by atoms with Gasteiger partial charge in [-0.1, -0.05) is 15.9 Å². The van der Waals surface area contributed by atoms with Crippen LogP contribution in [0.2, 0.25) is 0 Å². The summed E-state index contributed by atoms with van der Waals surface area (Å²) in [6.45, 7) is 1.48. The van der Waals surface area contributed by atoms with Crippen LogP contribution < -0.4 is 4.74 Å². The summed E-state index contributed by atoms with van der Waals surface area (Å²) in [4.78, 5) is 11.3. The number of Topliss-reactive ketones (excluding diaryl/α,β-unsaturated/α-hetero) is 1. The third-order valence-corrected chi connectivity index (χ3v) is 3.59. The van der Waals surface area contributed by atoms with E-state index in [4.69, 9.17) is 4.74 Å². The van der Waals surface area contributed by atoms with Crippen LogP contribution in [0.25, 0.3) is 0 Å². The van der Waals surface area contributed by atoms with E-state index >= 15 is 0 Å². The van der Waals surface area contributed by atoms with Gasteiger partial charge in [-0.25, -0.2) is 4.39 Å². The minimum atomic E-state index is -0.449. The lowest BCUT2D eigenvalue weighted by molar-refractivity contribution is 0.101. The van der Waals surface area contributed by atoms with E-state index in [1.165, 1.54) is 13.0 Å². The van der Waals surface area contributed by atoms with Crippen molar-refractivity contribution < 1.29 is 13.9 Å². The van der Waals surface area contributed by atoms with E-state index in [-0.39, 0.29) is 11.5 Å². The van der Waals surface area contributed by atoms with E-state index in [1.54, 1.807) is 30.3 Å². The maximum Gasteiger partial charge on any atom is 0.165 e. The third-order valence-electron chi connectivity index (χ3n) is 2.44. The molecule has 0 N–H and O–H groups in total. The predicted octanol–water partition coefficient (Wildman–Crippen LogP) is 5.35. The number of carbonyl (C=O) groups excluding carboxylic acids is 1. The molecule has 0 aliphatic rings. The lowest BCUT2D eigenvalue weighted by Gasteiger charge is -2.09. The fourth-order valence-electron chi connectivity index (χ4n) is 1.53. The first-order chi connectivity index (χ1) is 8.97. The lowest BCUT2D eigenvalue weighted by atomic mass is 10.1. The Kier molecular flexibility index (Phi) is 4.37. The maximum absolute atomic E-state index is 13.6. The number of carbonyl (C=O) groups is 1. The molecule has 0 saturated carbocycles. The van der Waals surface area contributed by atoms with Gasteiger partial charge in [-0.2, -0.15) is 0 Å². The van der Waals surface area contributed by atoms with Gasteiger partial charge in [-0.05, 0) is 59.3 Å². The number of ketones is 1. The molecule has 19 heavy (non-hydrogen) atoms. The highest BCUT2D eigenvalue weighted by atomic mass is 79.9. The molecule has 2 aromatic carbocycles. The van der Waals surface area contributed by atoms with Crippen molar-refractivity contribution in [2.24, 2.45) is 0 Å². The first kappa shape index (κ1) is 14.2. The van der Waals surface area contributed by atoms with Crippen molar-refractivity contribution in [2.75, 3.05) is 0 Å². The number of rotatable bonds is 3. The standard InChI is InChI=1S/C14H9Br2FO2/c1-8(18)11-4-3-10(7-12(11)16)19-14-6-9(15)2-5-13(14)17/h2-7H,1H3. The monoisotopic (exact) mass is 386 g/mol. The molecule has 0 saturated heterocycles. The Morgan fingerprint density at radius 3 is 2.53 bits per heavy atom. The zero-order valence-corrected chi connectivity index (χ0v) is 13.1. The van der Waals surface area contributed by atoms with E-state index in [2.05, 4.69) is 31.9 Å². The van der Waals surface area contributed by atoms with Crippen molar-refractivity contribution >= 4 is 37.6 Å². The van der Waals surface area contributed by atoms with Crippen LogP contribution in [0.4, 0.5) is 4.39 Å². The highest BCUT2D eigenvalue weighted by Crippen LogP contribution is 2.30. The molecule has 0 heterocycles. The Hall–Kier alpha value is -1.20. The van der Waals surface area contributed by atoms with Crippen LogP contribution in [0.3, 0.4) is 0 Å². The fraction of sp³-hybridized carbons (Fsp3) is 0.0714. The lowest BCUT2D eigenvalue weighted by Crippen LogP contribution is -1.94. The number of ether oxygens (including phenoxy) is 1. The van der Waals surface area contributed by atoms with Crippen LogP contribution in [0.15, 0.2) is 45.3 Å². The Balaban J connectivity index is 2.31. The van der Waals surface area contributed by atoms with Crippen molar-refractivity contribution in [1.82, 2.24) is 0 Å². The van der Waals surface area contributed by atoms with Gasteiger partial charge in [0.25, 0.3) is 0 Å². The highest BCUT2D eigenvalue weighted by molar-refractivity contribution is 9.10. The van der Waals surface area contributed by atoms with Gasteiger partial charge >= 0.3 is 0 Å². The van der Waals surface area contributed by atoms with Gasteiger partial charge in [0.1, 0.15) is 5.75 Å². The largest absolute Gasteiger partial charge is 0.454 e. The summed E-state index contributed by atoms with van der Waals surface area (Å²) in [5.74, 6) is 0.0766. The first-order valence-electron chi connectivity index (χ1n) is 5.41. The second-order valence-corrected chi connectivity index (χ2v) is 5.64. The minimum absolute atomic E-state index is 0.0490. The molecule has 0 unspecified atom stereocenters. The van der Waals surface area contributed by atoms with E-state index in [0.717, 1.165) is 4.47 Å². The average molecular weight is 388 g/mol. The van der Waals surface area contributed by atoms with Crippen LogP contribution in [-0.4, -0.2) is 5.78 Å². The van der Waals surface area contributed by atoms with Crippen molar-refractivity contribution in [1.29, 1.82) is 0 Å². The third kappa shape index (κ3) is 3.42. The van der Waals surface area contributed by atoms with Crippen LogP contribution in [0, 0.1) is 5.82 Å². The molecule has 0 aliphatic heterocycles. The van der Waals surface area contributed by atoms with Crippen LogP contribution in [-0.2, 0) is 0 Å². The zero-order chi connectivity index (χ0) is 14.0. The molecule has 0 radical (unpaired) electrons. The quantitative estimate of drug-likeness (QED) is 0.664. The molecule has 0 atom stereocenters. The molecule has 2 rings (SSSR count). The van der Waals surface area contributed by atoms with E-state index < -0.39 is 5.82 Å². The van der Waals surface area contributed by atoms with Crippen molar-refractivity contribution in [3.05, 3.63) is 56.7 Å². The molecular weight excluding hydrogens is 379 g/mol.